The molecular formula is C17H21NO2S. The van der Waals surface area contributed by atoms with Crippen LogP contribution in [0.5, 0.6) is 0 Å². The molecule has 3 nitrogen and oxygen atoms in total. The van der Waals surface area contributed by atoms with Crippen molar-refractivity contribution in [2.24, 2.45) is 0 Å². The number of likely N-dealkylation sites (N-methyl/N-ethyl adjacent to an activating group) is 1. The average molecular weight is 303 g/mol. The maximum atomic E-state index is 11.4. The fourth-order valence-corrected chi connectivity index (χ4v) is 2.83. The van der Waals surface area contributed by atoms with Crippen molar-refractivity contribution in [3.8, 4) is 0 Å². The molecule has 0 spiro atoms. The lowest BCUT2D eigenvalue weighted by Crippen LogP contribution is -2.20. The molecule has 0 heterocycles. The van der Waals surface area contributed by atoms with Gasteiger partial charge in [0.1, 0.15) is 0 Å². The molecule has 0 radical (unpaired) electrons. The van der Waals surface area contributed by atoms with E-state index < -0.39 is 9.84 Å². The van der Waals surface area contributed by atoms with E-state index in [4.69, 9.17) is 0 Å². The van der Waals surface area contributed by atoms with Crippen LogP contribution in [0.25, 0.3) is 0 Å². The first kappa shape index (κ1) is 15.7. The Hall–Kier alpha value is -1.65. The normalized spacial score (nSPS) is 11.8. The van der Waals surface area contributed by atoms with Gasteiger partial charge in [0.15, 0.2) is 9.84 Å². The molecule has 0 fully saturated rings. The van der Waals surface area contributed by atoms with Crippen molar-refractivity contribution in [2.75, 3.05) is 19.8 Å². The highest BCUT2D eigenvalue weighted by atomic mass is 32.2. The van der Waals surface area contributed by atoms with Crippen LogP contribution in [-0.2, 0) is 22.8 Å². The first-order chi connectivity index (χ1) is 9.95. The van der Waals surface area contributed by atoms with Gasteiger partial charge in [-0.3, -0.25) is 0 Å². The summed E-state index contributed by atoms with van der Waals surface area (Å²) in [6.07, 6.45) is 2.24. The van der Waals surface area contributed by atoms with E-state index in [2.05, 4.69) is 36.2 Å². The molecule has 0 aliphatic heterocycles. The zero-order valence-electron chi connectivity index (χ0n) is 12.5. The zero-order chi connectivity index (χ0) is 15.3. The van der Waals surface area contributed by atoms with E-state index in [1.165, 1.54) is 11.8 Å². The minimum absolute atomic E-state index is 0.373. The van der Waals surface area contributed by atoms with Crippen LogP contribution in [0.15, 0.2) is 59.5 Å². The Bertz CT molecular complexity index is 664. The van der Waals surface area contributed by atoms with Crippen molar-refractivity contribution < 1.29 is 8.42 Å². The number of sulfone groups is 1. The van der Waals surface area contributed by atoms with E-state index in [0.29, 0.717) is 4.90 Å². The predicted octanol–water partition coefficient (Wildman–Crippen LogP) is 2.76. The minimum Gasteiger partial charge on any atom is -0.302 e. The number of benzene rings is 2. The summed E-state index contributed by atoms with van der Waals surface area (Å²) in [5.41, 5.74) is 2.45. The Morgan fingerprint density at radius 3 is 2.10 bits per heavy atom. The van der Waals surface area contributed by atoms with Gasteiger partial charge >= 0.3 is 0 Å². The van der Waals surface area contributed by atoms with Crippen LogP contribution in [0.2, 0.25) is 0 Å². The lowest BCUT2D eigenvalue weighted by atomic mass is 10.1. The molecule has 0 aliphatic carbocycles. The van der Waals surface area contributed by atoms with Crippen molar-refractivity contribution in [1.29, 1.82) is 0 Å². The van der Waals surface area contributed by atoms with Gasteiger partial charge in [0.05, 0.1) is 4.90 Å². The van der Waals surface area contributed by atoms with Gasteiger partial charge in [-0.2, -0.15) is 0 Å². The van der Waals surface area contributed by atoms with E-state index >= 15 is 0 Å². The maximum Gasteiger partial charge on any atom is 0.175 e. The van der Waals surface area contributed by atoms with Crippen molar-refractivity contribution in [3.05, 3.63) is 65.7 Å². The summed E-state index contributed by atoms with van der Waals surface area (Å²) in [6, 6.07) is 17.5. The lowest BCUT2D eigenvalue weighted by molar-refractivity contribution is 0.331. The molecule has 0 aliphatic rings. The van der Waals surface area contributed by atoms with Crippen LogP contribution >= 0.6 is 0 Å². The fourth-order valence-electron chi connectivity index (χ4n) is 2.20. The van der Waals surface area contributed by atoms with Crippen LogP contribution in [0.4, 0.5) is 0 Å². The minimum atomic E-state index is -3.11. The van der Waals surface area contributed by atoms with Crippen LogP contribution in [-0.4, -0.2) is 33.2 Å². The summed E-state index contributed by atoms with van der Waals surface area (Å²) in [5.74, 6) is 0. The smallest absolute Gasteiger partial charge is 0.175 e. The summed E-state index contributed by atoms with van der Waals surface area (Å²) in [4.78, 5) is 2.61. The van der Waals surface area contributed by atoms with Gasteiger partial charge in [-0.1, -0.05) is 42.5 Å². The van der Waals surface area contributed by atoms with E-state index in [1.807, 2.05) is 18.2 Å². The van der Waals surface area contributed by atoms with Crippen LogP contribution in [0, 0.1) is 0 Å². The predicted molar refractivity (Wildman–Crippen MR) is 86.0 cm³/mol. The fraction of sp³-hybridized carbons (Fsp3) is 0.294. The van der Waals surface area contributed by atoms with Gasteiger partial charge in [0.2, 0.25) is 0 Å². The molecule has 112 valence electrons. The van der Waals surface area contributed by atoms with Crippen molar-refractivity contribution in [2.45, 2.75) is 17.9 Å². The molecule has 2 rings (SSSR count). The topological polar surface area (TPSA) is 37.4 Å². The highest BCUT2D eigenvalue weighted by molar-refractivity contribution is 7.90. The van der Waals surface area contributed by atoms with Gasteiger partial charge in [-0.05, 0) is 36.7 Å². The van der Waals surface area contributed by atoms with E-state index in [9.17, 15) is 8.42 Å². The lowest BCUT2D eigenvalue weighted by Gasteiger charge is -2.16. The van der Waals surface area contributed by atoms with Crippen molar-refractivity contribution >= 4 is 9.84 Å². The SMILES string of the molecule is CN(CCc1ccccc1)Cc1ccc(S(C)(=O)=O)cc1. The zero-order valence-corrected chi connectivity index (χ0v) is 13.3. The number of hydrogen-bond acceptors (Lipinski definition) is 3. The van der Waals surface area contributed by atoms with Crippen LogP contribution < -0.4 is 0 Å². The van der Waals surface area contributed by atoms with Crippen LogP contribution in [0.1, 0.15) is 11.1 Å². The van der Waals surface area contributed by atoms with E-state index in [0.717, 1.165) is 25.1 Å². The molecule has 2 aromatic rings. The summed E-state index contributed by atoms with van der Waals surface area (Å²) < 4.78 is 22.8. The second-order valence-corrected chi connectivity index (χ2v) is 7.41. The largest absolute Gasteiger partial charge is 0.302 e. The number of hydrogen-bond donors (Lipinski definition) is 0. The van der Waals surface area contributed by atoms with Gasteiger partial charge in [0.25, 0.3) is 0 Å². The Kier molecular flexibility index (Phi) is 5.15. The Morgan fingerprint density at radius 2 is 1.52 bits per heavy atom. The van der Waals surface area contributed by atoms with Crippen molar-refractivity contribution in [3.63, 3.8) is 0 Å². The third-order valence-electron chi connectivity index (χ3n) is 3.43. The first-order valence-corrected chi connectivity index (χ1v) is 8.86. The molecule has 0 amide bonds. The van der Waals surface area contributed by atoms with Gasteiger partial charge < -0.3 is 4.90 Å². The van der Waals surface area contributed by atoms with E-state index in [1.54, 1.807) is 12.1 Å². The summed E-state index contributed by atoms with van der Waals surface area (Å²) >= 11 is 0. The summed E-state index contributed by atoms with van der Waals surface area (Å²) in [5, 5.41) is 0. The molecule has 4 heteroatoms. The molecule has 0 aromatic heterocycles. The standard InChI is InChI=1S/C17H21NO2S/c1-18(13-12-15-6-4-3-5-7-15)14-16-8-10-17(11-9-16)21(2,19)20/h3-11H,12-14H2,1-2H3. The highest BCUT2D eigenvalue weighted by Gasteiger charge is 2.07. The summed E-state index contributed by atoms with van der Waals surface area (Å²) in [7, 11) is -1.03. The second kappa shape index (κ2) is 6.87. The molecule has 0 saturated carbocycles. The molecule has 0 unspecified atom stereocenters. The molecule has 21 heavy (non-hydrogen) atoms. The second-order valence-electron chi connectivity index (χ2n) is 5.39. The quantitative estimate of drug-likeness (QED) is 0.823. The molecule has 0 atom stereocenters. The molecule has 0 saturated heterocycles. The molecule has 0 N–H and O–H groups in total. The average Bonchev–Trinajstić information content (AvgIpc) is 2.46. The van der Waals surface area contributed by atoms with Gasteiger partial charge in [-0.25, -0.2) is 8.42 Å². The van der Waals surface area contributed by atoms with Crippen molar-refractivity contribution in [1.82, 2.24) is 4.90 Å². The molecule has 0 bridgehead atoms. The van der Waals surface area contributed by atoms with Crippen LogP contribution in [0.3, 0.4) is 0 Å². The first-order valence-electron chi connectivity index (χ1n) is 6.96. The third-order valence-corrected chi connectivity index (χ3v) is 4.56. The number of nitrogens with zero attached hydrogens (tertiary/aromatic N) is 1. The third kappa shape index (κ3) is 4.99. The summed E-state index contributed by atoms with van der Waals surface area (Å²) in [6.45, 7) is 1.79. The monoisotopic (exact) mass is 303 g/mol. The molecular weight excluding hydrogens is 282 g/mol. The molecule has 2 aromatic carbocycles. The van der Waals surface area contributed by atoms with Gasteiger partial charge in [-0.15, -0.1) is 0 Å². The Balaban J connectivity index is 1.89. The highest BCUT2D eigenvalue weighted by Crippen LogP contribution is 2.12. The maximum absolute atomic E-state index is 11.4. The Morgan fingerprint density at radius 1 is 0.905 bits per heavy atom. The number of rotatable bonds is 6. The van der Waals surface area contributed by atoms with Gasteiger partial charge in [0, 0.05) is 19.3 Å². The Labute approximate surface area is 127 Å². The van der Waals surface area contributed by atoms with E-state index in [-0.39, 0.29) is 0 Å².